The summed E-state index contributed by atoms with van der Waals surface area (Å²) in [7, 11) is 0. The maximum Gasteiger partial charge on any atom is 0.259 e. The fourth-order valence-electron chi connectivity index (χ4n) is 4.99. The molecule has 1 aliphatic heterocycles. The normalized spacial score (nSPS) is 17.8. The van der Waals surface area contributed by atoms with Crippen LogP contribution in [0, 0.1) is 5.92 Å². The molecule has 0 spiro atoms. The number of benzene rings is 1. The number of furan rings is 1. The lowest BCUT2D eigenvalue weighted by atomic mass is 9.93. The third-order valence-electron chi connectivity index (χ3n) is 7.05. The van der Waals surface area contributed by atoms with Crippen LogP contribution in [0.4, 0.5) is 11.9 Å². The highest BCUT2D eigenvalue weighted by Gasteiger charge is 2.28. The predicted octanol–water partition coefficient (Wildman–Crippen LogP) is 4.41. The highest BCUT2D eigenvalue weighted by molar-refractivity contribution is 5.85. The average Bonchev–Trinajstić information content (AvgIpc) is 3.65. The maximum absolute atomic E-state index is 13.8. The van der Waals surface area contributed by atoms with Gasteiger partial charge in [0.2, 0.25) is 23.6 Å². The molecule has 39 heavy (non-hydrogen) atoms. The minimum absolute atomic E-state index is 0.0281. The molecule has 10 nitrogen and oxygen atoms in total. The zero-order chi connectivity index (χ0) is 26.6. The van der Waals surface area contributed by atoms with E-state index in [1.807, 2.05) is 18.3 Å². The highest BCUT2D eigenvalue weighted by atomic mass is 16.3. The molecular weight excluding hydrogens is 492 g/mol. The van der Waals surface area contributed by atoms with Crippen LogP contribution < -0.4 is 11.1 Å². The van der Waals surface area contributed by atoms with E-state index in [2.05, 4.69) is 67.9 Å². The van der Waals surface area contributed by atoms with Gasteiger partial charge in [-0.1, -0.05) is 60.2 Å². The minimum Gasteiger partial charge on any atom is -0.461 e. The van der Waals surface area contributed by atoms with E-state index in [9.17, 15) is 4.79 Å². The van der Waals surface area contributed by atoms with Crippen molar-refractivity contribution in [2.75, 3.05) is 17.6 Å². The molecule has 198 valence electrons. The van der Waals surface area contributed by atoms with E-state index in [0.717, 1.165) is 25.7 Å². The number of allylic oxidation sites excluding steroid dienone is 4. The first-order valence-corrected chi connectivity index (χ1v) is 13.2. The van der Waals surface area contributed by atoms with E-state index in [-0.39, 0.29) is 23.6 Å². The summed E-state index contributed by atoms with van der Waals surface area (Å²) in [5, 5.41) is 7.60. The van der Waals surface area contributed by atoms with Crippen molar-refractivity contribution in [1.29, 1.82) is 0 Å². The van der Waals surface area contributed by atoms with Crippen LogP contribution in [0.15, 0.2) is 89.2 Å². The Kier molecular flexibility index (Phi) is 6.90. The molecule has 0 saturated heterocycles. The minimum atomic E-state index is -0.563. The zero-order valence-electron chi connectivity index (χ0n) is 21.5. The van der Waals surface area contributed by atoms with E-state index >= 15 is 0 Å². The van der Waals surface area contributed by atoms with Crippen LogP contribution in [0.25, 0.3) is 17.4 Å². The van der Waals surface area contributed by atoms with Crippen molar-refractivity contribution in [1.82, 2.24) is 29.5 Å². The van der Waals surface area contributed by atoms with Crippen LogP contribution in [-0.4, -0.2) is 48.0 Å². The molecule has 1 unspecified atom stereocenters. The first-order chi connectivity index (χ1) is 19.1. The number of amides is 1. The van der Waals surface area contributed by atoms with Gasteiger partial charge in [-0.15, -0.1) is 5.10 Å². The summed E-state index contributed by atoms with van der Waals surface area (Å²) in [6.07, 6.45) is 16.2. The van der Waals surface area contributed by atoms with Gasteiger partial charge in [-0.2, -0.15) is 19.5 Å². The number of carbonyl (C=O) groups excluding carboxylic acids is 1. The summed E-state index contributed by atoms with van der Waals surface area (Å²) >= 11 is 0. The molecule has 3 aromatic heterocycles. The number of hydrogen-bond donors (Lipinski definition) is 2. The first kappa shape index (κ1) is 24.6. The molecule has 0 saturated carbocycles. The van der Waals surface area contributed by atoms with Crippen LogP contribution >= 0.6 is 0 Å². The molecule has 0 bridgehead atoms. The summed E-state index contributed by atoms with van der Waals surface area (Å²) in [6.45, 7) is 0.655. The molecule has 0 radical (unpaired) electrons. The largest absolute Gasteiger partial charge is 0.461 e. The third kappa shape index (κ3) is 5.59. The summed E-state index contributed by atoms with van der Waals surface area (Å²) in [5.74, 6) is 1.84. The Hall–Kier alpha value is -4.73. The van der Waals surface area contributed by atoms with E-state index in [0.29, 0.717) is 30.5 Å². The monoisotopic (exact) mass is 522 g/mol. The predicted molar refractivity (Wildman–Crippen MR) is 148 cm³/mol. The van der Waals surface area contributed by atoms with Crippen LogP contribution in [0.2, 0.25) is 0 Å². The standard InChI is InChI=1S/C29H30N8O2/c30-27-33-28(34-29-32-25(35-37(27)29)24-12-7-17-39-24)31-23(19-21-10-5-2-6-11-21)26(38)36-15-13-22(14-16-36)18-20-8-3-1-4-9-20/h1-5,7-10,12-13,15,17,22-23H,6,11,14,16,18-19H2,(H3,30,31,32,33,34,35)/t22?,23-/m0/s1. The second kappa shape index (κ2) is 10.9. The summed E-state index contributed by atoms with van der Waals surface area (Å²) in [5.41, 5.74) is 8.69. The lowest BCUT2D eigenvalue weighted by Crippen LogP contribution is -2.43. The van der Waals surface area contributed by atoms with Crippen LogP contribution in [0.5, 0.6) is 0 Å². The second-order valence-electron chi connectivity index (χ2n) is 9.83. The van der Waals surface area contributed by atoms with Gasteiger partial charge in [-0.3, -0.25) is 4.79 Å². The quantitative estimate of drug-likeness (QED) is 0.348. The fraction of sp³-hybridized carbons (Fsp3) is 0.276. The van der Waals surface area contributed by atoms with Crippen LogP contribution in [0.3, 0.4) is 0 Å². The topological polar surface area (TPSA) is 127 Å². The number of anilines is 2. The van der Waals surface area contributed by atoms with Crippen molar-refractivity contribution < 1.29 is 9.21 Å². The number of rotatable bonds is 8. The Bertz CT molecular complexity index is 1540. The molecule has 1 amide bonds. The van der Waals surface area contributed by atoms with Crippen molar-refractivity contribution in [3.05, 3.63) is 90.4 Å². The lowest BCUT2D eigenvalue weighted by molar-refractivity contribution is -0.129. The molecule has 10 heteroatoms. The molecule has 1 aromatic carbocycles. The van der Waals surface area contributed by atoms with Crippen molar-refractivity contribution in [2.45, 2.75) is 38.1 Å². The van der Waals surface area contributed by atoms with Gasteiger partial charge in [-0.25, -0.2) is 0 Å². The van der Waals surface area contributed by atoms with Gasteiger partial charge < -0.3 is 20.4 Å². The Morgan fingerprint density at radius 1 is 1.15 bits per heavy atom. The fourth-order valence-corrected chi connectivity index (χ4v) is 4.99. The first-order valence-electron chi connectivity index (χ1n) is 13.2. The van der Waals surface area contributed by atoms with E-state index < -0.39 is 6.04 Å². The van der Waals surface area contributed by atoms with Gasteiger partial charge in [0, 0.05) is 12.7 Å². The molecule has 4 heterocycles. The molecule has 2 aliphatic rings. The molecule has 0 fully saturated rings. The zero-order valence-corrected chi connectivity index (χ0v) is 21.5. The molecular formula is C29H30N8O2. The molecule has 4 aromatic rings. The van der Waals surface area contributed by atoms with Crippen LogP contribution in [-0.2, 0) is 11.2 Å². The highest BCUT2D eigenvalue weighted by Crippen LogP contribution is 2.24. The molecule has 6 rings (SSSR count). The van der Waals surface area contributed by atoms with Crippen molar-refractivity contribution in [3.8, 4) is 11.6 Å². The number of carbonyl (C=O) groups is 1. The molecule has 2 atom stereocenters. The number of nitrogen functional groups attached to an aromatic ring is 1. The van der Waals surface area contributed by atoms with Gasteiger partial charge in [0.1, 0.15) is 6.04 Å². The summed E-state index contributed by atoms with van der Waals surface area (Å²) < 4.78 is 6.75. The van der Waals surface area contributed by atoms with Gasteiger partial charge in [0.15, 0.2) is 5.76 Å². The van der Waals surface area contributed by atoms with Crippen molar-refractivity contribution in [2.24, 2.45) is 5.92 Å². The van der Waals surface area contributed by atoms with E-state index in [1.54, 1.807) is 23.3 Å². The molecule has 1 aliphatic carbocycles. The number of aromatic nitrogens is 5. The third-order valence-corrected chi connectivity index (χ3v) is 7.05. The maximum atomic E-state index is 13.8. The Morgan fingerprint density at radius 2 is 2.05 bits per heavy atom. The Labute approximate surface area is 226 Å². The number of nitrogens with zero attached hydrogens (tertiary/aromatic N) is 6. The van der Waals surface area contributed by atoms with Crippen molar-refractivity contribution in [3.63, 3.8) is 0 Å². The second-order valence-corrected chi connectivity index (χ2v) is 9.83. The van der Waals surface area contributed by atoms with Crippen molar-refractivity contribution >= 4 is 23.6 Å². The van der Waals surface area contributed by atoms with Gasteiger partial charge >= 0.3 is 0 Å². The average molecular weight is 523 g/mol. The Morgan fingerprint density at radius 3 is 2.79 bits per heavy atom. The Balaban J connectivity index is 1.22. The van der Waals surface area contributed by atoms with Crippen LogP contribution in [0.1, 0.15) is 31.2 Å². The van der Waals surface area contributed by atoms with E-state index in [4.69, 9.17) is 10.2 Å². The number of hydrogen-bond acceptors (Lipinski definition) is 8. The number of nitrogens with one attached hydrogen (secondary N) is 1. The number of fused-ring (bicyclic) bond motifs is 1. The summed E-state index contributed by atoms with van der Waals surface area (Å²) in [4.78, 5) is 28.9. The van der Waals surface area contributed by atoms with Gasteiger partial charge in [0.25, 0.3) is 5.78 Å². The van der Waals surface area contributed by atoms with Gasteiger partial charge in [0.05, 0.1) is 6.26 Å². The number of nitrogens with two attached hydrogens (primary N) is 1. The molecule has 3 N–H and O–H groups in total. The smallest absolute Gasteiger partial charge is 0.259 e. The lowest BCUT2D eigenvalue weighted by Gasteiger charge is -2.30. The summed E-state index contributed by atoms with van der Waals surface area (Å²) in [6, 6.07) is 13.4. The van der Waals surface area contributed by atoms with E-state index in [1.165, 1.54) is 15.7 Å². The SMILES string of the molecule is Nc1nc(N[C@@H](CC2=CC=CCC2)C(=O)N2C=CC(Cc3ccccc3)CC2)nc2nc(-c3ccco3)nn12. The van der Waals surface area contributed by atoms with Gasteiger partial charge in [-0.05, 0) is 55.7 Å².